The molecule has 0 aliphatic heterocycles. The standard InChI is InChI=1S/C15H12N2OSe/c1-18-13-9-7-11(8-10-13)14-15(19-17-16-14)12-5-3-2-4-6-12/h2-10H,1H3. The van der Waals surface area contributed by atoms with Crippen LogP contribution in [-0.4, -0.2) is 31.0 Å². The summed E-state index contributed by atoms with van der Waals surface area (Å²) in [6, 6.07) is 18.3. The van der Waals surface area contributed by atoms with Gasteiger partial charge in [0.05, 0.1) is 0 Å². The molecule has 0 bridgehead atoms. The van der Waals surface area contributed by atoms with E-state index < -0.39 is 0 Å². The van der Waals surface area contributed by atoms with Crippen molar-refractivity contribution in [2.24, 2.45) is 0 Å². The van der Waals surface area contributed by atoms with E-state index in [1.807, 2.05) is 42.5 Å². The molecule has 2 aromatic carbocycles. The van der Waals surface area contributed by atoms with E-state index in [0.29, 0.717) is 0 Å². The first-order chi connectivity index (χ1) is 9.38. The zero-order valence-electron chi connectivity index (χ0n) is 10.4. The molecule has 0 saturated carbocycles. The van der Waals surface area contributed by atoms with Gasteiger partial charge in [0.25, 0.3) is 0 Å². The molecule has 0 N–H and O–H groups in total. The fourth-order valence-corrected chi connectivity index (χ4v) is 3.36. The van der Waals surface area contributed by atoms with Crippen LogP contribution in [0, 0.1) is 0 Å². The number of hydrogen-bond acceptors (Lipinski definition) is 3. The van der Waals surface area contributed by atoms with Crippen molar-refractivity contribution in [3.63, 3.8) is 0 Å². The molecule has 3 rings (SSSR count). The maximum absolute atomic E-state index is 5.18. The van der Waals surface area contributed by atoms with Crippen LogP contribution < -0.4 is 4.74 Å². The molecule has 3 nitrogen and oxygen atoms in total. The van der Waals surface area contributed by atoms with Gasteiger partial charge in [-0.2, -0.15) is 0 Å². The molecule has 1 heterocycles. The minimum atomic E-state index is 0.0661. The number of benzene rings is 2. The molecule has 4 heteroatoms. The Balaban J connectivity index is 2.04. The van der Waals surface area contributed by atoms with Crippen LogP contribution in [-0.2, 0) is 0 Å². The number of ether oxygens (including phenoxy) is 1. The number of aromatic nitrogens is 2. The monoisotopic (exact) mass is 316 g/mol. The molecule has 0 unspecified atom stereocenters. The van der Waals surface area contributed by atoms with Gasteiger partial charge >= 0.3 is 117 Å². The van der Waals surface area contributed by atoms with Gasteiger partial charge in [0.15, 0.2) is 0 Å². The van der Waals surface area contributed by atoms with Crippen molar-refractivity contribution < 1.29 is 4.74 Å². The SMILES string of the molecule is COc1ccc(-c2nn[se]c2-c2ccccc2)cc1. The predicted molar refractivity (Wildman–Crippen MR) is 76.4 cm³/mol. The van der Waals surface area contributed by atoms with Gasteiger partial charge in [0.2, 0.25) is 0 Å². The van der Waals surface area contributed by atoms with Crippen molar-refractivity contribution >= 4 is 14.7 Å². The molecule has 19 heavy (non-hydrogen) atoms. The molecule has 0 amide bonds. The molecule has 0 aliphatic rings. The summed E-state index contributed by atoms with van der Waals surface area (Å²) in [4.78, 5) is 0. The van der Waals surface area contributed by atoms with Crippen LogP contribution in [0.4, 0.5) is 0 Å². The van der Waals surface area contributed by atoms with Crippen LogP contribution in [0.25, 0.3) is 21.3 Å². The van der Waals surface area contributed by atoms with Gasteiger partial charge in [0, 0.05) is 0 Å². The fraction of sp³-hybridized carbons (Fsp3) is 0.0667. The van der Waals surface area contributed by atoms with Crippen molar-refractivity contribution in [2.75, 3.05) is 7.11 Å². The molecule has 0 atom stereocenters. The van der Waals surface area contributed by atoms with E-state index in [-0.39, 0.29) is 14.7 Å². The van der Waals surface area contributed by atoms with Crippen molar-refractivity contribution in [3.8, 4) is 27.0 Å². The second-order valence-corrected chi connectivity index (χ2v) is 5.63. The van der Waals surface area contributed by atoms with Crippen LogP contribution in [0.3, 0.4) is 0 Å². The number of rotatable bonds is 3. The Kier molecular flexibility index (Phi) is 3.45. The Morgan fingerprint density at radius 1 is 0.895 bits per heavy atom. The fourth-order valence-electron chi connectivity index (χ4n) is 1.91. The maximum atomic E-state index is 5.18. The quantitative estimate of drug-likeness (QED) is 0.697. The molecular formula is C15H12N2OSe. The van der Waals surface area contributed by atoms with Gasteiger partial charge in [-0.3, -0.25) is 0 Å². The summed E-state index contributed by atoms with van der Waals surface area (Å²) in [5.74, 6) is 0.853. The molecule has 94 valence electrons. The summed E-state index contributed by atoms with van der Waals surface area (Å²) in [6.07, 6.45) is 0. The van der Waals surface area contributed by atoms with E-state index in [4.69, 9.17) is 4.74 Å². The second kappa shape index (κ2) is 5.39. The van der Waals surface area contributed by atoms with Crippen LogP contribution in [0.15, 0.2) is 54.6 Å². The van der Waals surface area contributed by atoms with Gasteiger partial charge in [-0.05, 0) is 0 Å². The van der Waals surface area contributed by atoms with E-state index in [1.54, 1.807) is 7.11 Å². The first-order valence-electron chi connectivity index (χ1n) is 5.90. The number of nitrogens with zero attached hydrogens (tertiary/aromatic N) is 2. The van der Waals surface area contributed by atoms with Crippen LogP contribution in [0.5, 0.6) is 5.75 Å². The third-order valence-electron chi connectivity index (χ3n) is 2.89. The Morgan fingerprint density at radius 2 is 1.63 bits per heavy atom. The number of methoxy groups -OCH3 is 1. The normalized spacial score (nSPS) is 10.4. The zero-order chi connectivity index (χ0) is 13.1. The van der Waals surface area contributed by atoms with E-state index in [1.165, 1.54) is 10.0 Å². The summed E-state index contributed by atoms with van der Waals surface area (Å²) < 4.78 is 10.6. The van der Waals surface area contributed by atoms with Gasteiger partial charge in [0.1, 0.15) is 0 Å². The average Bonchev–Trinajstić information content (AvgIpc) is 2.98. The molecule has 0 saturated heterocycles. The summed E-state index contributed by atoms with van der Waals surface area (Å²) in [6.45, 7) is 0. The van der Waals surface area contributed by atoms with Crippen LogP contribution in [0.1, 0.15) is 0 Å². The van der Waals surface area contributed by atoms with Crippen molar-refractivity contribution in [1.29, 1.82) is 0 Å². The average molecular weight is 315 g/mol. The van der Waals surface area contributed by atoms with Crippen LogP contribution in [0.2, 0.25) is 0 Å². The predicted octanol–water partition coefficient (Wildman–Crippen LogP) is 2.88. The molecule has 0 spiro atoms. The van der Waals surface area contributed by atoms with Crippen molar-refractivity contribution in [1.82, 2.24) is 9.19 Å². The van der Waals surface area contributed by atoms with E-state index >= 15 is 0 Å². The Morgan fingerprint density at radius 3 is 2.32 bits per heavy atom. The molecule has 1 aromatic heterocycles. The third kappa shape index (κ3) is 2.46. The van der Waals surface area contributed by atoms with E-state index in [0.717, 1.165) is 17.0 Å². The zero-order valence-corrected chi connectivity index (χ0v) is 12.1. The summed E-state index contributed by atoms with van der Waals surface area (Å²) in [7, 11) is 1.67. The van der Waals surface area contributed by atoms with Crippen molar-refractivity contribution in [2.45, 2.75) is 0 Å². The minimum absolute atomic E-state index is 0.0661. The van der Waals surface area contributed by atoms with Gasteiger partial charge in [-0.25, -0.2) is 0 Å². The van der Waals surface area contributed by atoms with Gasteiger partial charge in [-0.1, -0.05) is 0 Å². The number of hydrogen-bond donors (Lipinski definition) is 0. The molecule has 3 aromatic rings. The van der Waals surface area contributed by atoms with Gasteiger partial charge in [-0.15, -0.1) is 0 Å². The summed E-state index contributed by atoms with van der Waals surface area (Å²) in [5.41, 5.74) is 3.27. The Labute approximate surface area is 117 Å². The van der Waals surface area contributed by atoms with E-state index in [9.17, 15) is 0 Å². The summed E-state index contributed by atoms with van der Waals surface area (Å²) >= 11 is 0.0661. The van der Waals surface area contributed by atoms with E-state index in [2.05, 4.69) is 21.3 Å². The van der Waals surface area contributed by atoms with Crippen molar-refractivity contribution in [3.05, 3.63) is 54.6 Å². The third-order valence-corrected chi connectivity index (χ3v) is 4.51. The molecule has 0 fully saturated rings. The summed E-state index contributed by atoms with van der Waals surface area (Å²) in [5, 5.41) is 4.31. The molecular weight excluding hydrogens is 303 g/mol. The topological polar surface area (TPSA) is 35.0 Å². The first kappa shape index (κ1) is 12.1. The Bertz CT molecular complexity index is 662. The Hall–Kier alpha value is -1.90. The van der Waals surface area contributed by atoms with Crippen LogP contribution >= 0.6 is 0 Å². The molecule has 0 aliphatic carbocycles. The second-order valence-electron chi connectivity index (χ2n) is 4.05. The molecule has 0 radical (unpaired) electrons. The first-order valence-corrected chi connectivity index (χ1v) is 7.53. The van der Waals surface area contributed by atoms with Gasteiger partial charge < -0.3 is 0 Å².